The van der Waals surface area contributed by atoms with E-state index in [1.807, 2.05) is 19.1 Å². The molecular formula is C11H14BrNO2. The van der Waals surface area contributed by atoms with E-state index in [2.05, 4.69) is 21.2 Å². The number of rotatable bonds is 2. The van der Waals surface area contributed by atoms with Gasteiger partial charge in [0.2, 0.25) is 0 Å². The average molecular weight is 272 g/mol. The van der Waals surface area contributed by atoms with Crippen LogP contribution in [0.25, 0.3) is 0 Å². The first-order chi connectivity index (χ1) is 6.82. The highest BCUT2D eigenvalue weighted by molar-refractivity contribution is 9.10. The molecule has 2 N–H and O–H groups in total. The van der Waals surface area contributed by atoms with E-state index in [4.69, 9.17) is 0 Å². The number of benzene rings is 1. The molecule has 0 aliphatic rings. The van der Waals surface area contributed by atoms with Crippen molar-refractivity contribution in [2.75, 3.05) is 5.32 Å². The van der Waals surface area contributed by atoms with Crippen molar-refractivity contribution in [2.24, 2.45) is 0 Å². The zero-order valence-electron chi connectivity index (χ0n) is 8.97. The molecule has 0 radical (unpaired) electrons. The van der Waals surface area contributed by atoms with Crippen LogP contribution in [0.2, 0.25) is 0 Å². The summed E-state index contributed by atoms with van der Waals surface area (Å²) in [7, 11) is 0. The molecule has 0 heterocycles. The standard InChI is InChI=1S/C11H14BrNO2/c1-7-8(12)5-4-6-9(7)13-10(14)11(2,3)15/h4-6,15H,1-3H3,(H,13,14). The Morgan fingerprint density at radius 2 is 2.07 bits per heavy atom. The molecule has 0 saturated heterocycles. The number of hydrogen-bond acceptors (Lipinski definition) is 2. The lowest BCUT2D eigenvalue weighted by Crippen LogP contribution is -2.36. The summed E-state index contributed by atoms with van der Waals surface area (Å²) in [6, 6.07) is 5.52. The number of carbonyl (C=O) groups excluding carboxylic acids is 1. The summed E-state index contributed by atoms with van der Waals surface area (Å²) in [4.78, 5) is 11.5. The molecule has 4 heteroatoms. The van der Waals surface area contributed by atoms with E-state index in [-0.39, 0.29) is 0 Å². The van der Waals surface area contributed by atoms with Crippen LogP contribution in [-0.4, -0.2) is 16.6 Å². The van der Waals surface area contributed by atoms with Gasteiger partial charge in [0.1, 0.15) is 5.60 Å². The highest BCUT2D eigenvalue weighted by atomic mass is 79.9. The van der Waals surface area contributed by atoms with E-state index in [0.717, 1.165) is 10.0 Å². The minimum Gasteiger partial charge on any atom is -0.381 e. The Kier molecular flexibility index (Phi) is 3.52. The van der Waals surface area contributed by atoms with E-state index in [9.17, 15) is 9.90 Å². The summed E-state index contributed by atoms with van der Waals surface area (Å²) in [5.74, 6) is -0.413. The zero-order valence-corrected chi connectivity index (χ0v) is 10.6. The molecular weight excluding hydrogens is 258 g/mol. The van der Waals surface area contributed by atoms with Crippen molar-refractivity contribution in [3.05, 3.63) is 28.2 Å². The molecule has 1 rings (SSSR count). The molecule has 0 atom stereocenters. The lowest BCUT2D eigenvalue weighted by atomic mass is 10.1. The molecule has 3 nitrogen and oxygen atoms in total. The van der Waals surface area contributed by atoms with Crippen LogP contribution < -0.4 is 5.32 Å². The number of nitrogens with one attached hydrogen (secondary N) is 1. The van der Waals surface area contributed by atoms with Gasteiger partial charge in [0.05, 0.1) is 0 Å². The predicted octanol–water partition coefficient (Wildman–Crippen LogP) is 2.47. The maximum absolute atomic E-state index is 11.5. The van der Waals surface area contributed by atoms with Gasteiger partial charge in [0.15, 0.2) is 0 Å². The monoisotopic (exact) mass is 271 g/mol. The van der Waals surface area contributed by atoms with Gasteiger partial charge in [-0.25, -0.2) is 0 Å². The number of carbonyl (C=O) groups is 1. The highest BCUT2D eigenvalue weighted by Gasteiger charge is 2.24. The number of aliphatic hydroxyl groups is 1. The maximum atomic E-state index is 11.5. The molecule has 15 heavy (non-hydrogen) atoms. The molecule has 0 spiro atoms. The maximum Gasteiger partial charge on any atom is 0.255 e. The van der Waals surface area contributed by atoms with Crippen LogP contribution in [0.4, 0.5) is 5.69 Å². The first-order valence-corrected chi connectivity index (χ1v) is 5.40. The van der Waals surface area contributed by atoms with Gasteiger partial charge in [0, 0.05) is 10.2 Å². The fourth-order valence-corrected chi connectivity index (χ4v) is 1.38. The second-order valence-corrected chi connectivity index (χ2v) is 4.78. The Labute approximate surface area is 97.6 Å². The van der Waals surface area contributed by atoms with Gasteiger partial charge in [-0.3, -0.25) is 4.79 Å². The second-order valence-electron chi connectivity index (χ2n) is 3.93. The number of hydrogen-bond donors (Lipinski definition) is 2. The van der Waals surface area contributed by atoms with Crippen LogP contribution >= 0.6 is 15.9 Å². The van der Waals surface area contributed by atoms with Crippen LogP contribution in [-0.2, 0) is 4.79 Å². The summed E-state index contributed by atoms with van der Waals surface area (Å²) in [6.45, 7) is 4.80. The van der Waals surface area contributed by atoms with Gasteiger partial charge in [-0.15, -0.1) is 0 Å². The van der Waals surface area contributed by atoms with E-state index in [0.29, 0.717) is 5.69 Å². The molecule has 0 bridgehead atoms. The first-order valence-electron chi connectivity index (χ1n) is 4.61. The Morgan fingerprint density at radius 3 is 2.60 bits per heavy atom. The van der Waals surface area contributed by atoms with Gasteiger partial charge in [-0.05, 0) is 38.5 Å². The molecule has 0 aliphatic carbocycles. The Bertz CT molecular complexity index is 383. The van der Waals surface area contributed by atoms with Gasteiger partial charge < -0.3 is 10.4 Å². The number of amides is 1. The van der Waals surface area contributed by atoms with Gasteiger partial charge >= 0.3 is 0 Å². The summed E-state index contributed by atoms with van der Waals surface area (Å²) in [5, 5.41) is 12.2. The highest BCUT2D eigenvalue weighted by Crippen LogP contribution is 2.24. The van der Waals surface area contributed by atoms with Crippen LogP contribution in [0.3, 0.4) is 0 Å². The van der Waals surface area contributed by atoms with Crippen molar-refractivity contribution in [3.8, 4) is 0 Å². The third-order valence-electron chi connectivity index (χ3n) is 2.07. The topological polar surface area (TPSA) is 49.3 Å². The van der Waals surface area contributed by atoms with Crippen molar-refractivity contribution in [2.45, 2.75) is 26.4 Å². The Hall–Kier alpha value is -0.870. The first kappa shape index (κ1) is 12.2. The molecule has 0 saturated carbocycles. The molecule has 0 aliphatic heterocycles. The van der Waals surface area contributed by atoms with E-state index in [1.165, 1.54) is 13.8 Å². The minimum atomic E-state index is -1.37. The molecule has 0 unspecified atom stereocenters. The number of halogens is 1. The second kappa shape index (κ2) is 4.33. The smallest absolute Gasteiger partial charge is 0.255 e. The summed E-state index contributed by atoms with van der Waals surface area (Å²) >= 11 is 3.37. The summed E-state index contributed by atoms with van der Waals surface area (Å²) in [5.41, 5.74) is 0.279. The fourth-order valence-electron chi connectivity index (χ4n) is 1.02. The molecule has 1 aromatic carbocycles. The van der Waals surface area contributed by atoms with Crippen molar-refractivity contribution in [1.82, 2.24) is 0 Å². The molecule has 1 aromatic rings. The van der Waals surface area contributed by atoms with Crippen LogP contribution in [0, 0.1) is 6.92 Å². The molecule has 0 fully saturated rings. The SMILES string of the molecule is Cc1c(Br)cccc1NC(=O)C(C)(C)O. The third-order valence-corrected chi connectivity index (χ3v) is 2.93. The normalized spacial score (nSPS) is 11.3. The van der Waals surface area contributed by atoms with Crippen LogP contribution in [0.1, 0.15) is 19.4 Å². The molecule has 0 aromatic heterocycles. The third kappa shape index (κ3) is 3.04. The largest absolute Gasteiger partial charge is 0.381 e. The van der Waals surface area contributed by atoms with Gasteiger partial charge in [-0.2, -0.15) is 0 Å². The minimum absolute atomic E-state index is 0.413. The van der Waals surface area contributed by atoms with Crippen molar-refractivity contribution < 1.29 is 9.90 Å². The summed E-state index contributed by atoms with van der Waals surface area (Å²) < 4.78 is 0.927. The molecule has 1 amide bonds. The van der Waals surface area contributed by atoms with Crippen molar-refractivity contribution >= 4 is 27.5 Å². The lowest BCUT2D eigenvalue weighted by molar-refractivity contribution is -0.130. The Balaban J connectivity index is 2.91. The Morgan fingerprint density at radius 1 is 1.47 bits per heavy atom. The predicted molar refractivity (Wildman–Crippen MR) is 63.8 cm³/mol. The van der Waals surface area contributed by atoms with Crippen LogP contribution in [0.5, 0.6) is 0 Å². The lowest BCUT2D eigenvalue weighted by Gasteiger charge is -2.18. The van der Waals surface area contributed by atoms with Gasteiger partial charge in [0.25, 0.3) is 5.91 Å². The van der Waals surface area contributed by atoms with Crippen molar-refractivity contribution in [3.63, 3.8) is 0 Å². The van der Waals surface area contributed by atoms with E-state index >= 15 is 0 Å². The van der Waals surface area contributed by atoms with Crippen LogP contribution in [0.15, 0.2) is 22.7 Å². The van der Waals surface area contributed by atoms with Crippen molar-refractivity contribution in [1.29, 1.82) is 0 Å². The average Bonchev–Trinajstić information content (AvgIpc) is 2.11. The molecule has 82 valence electrons. The van der Waals surface area contributed by atoms with E-state index < -0.39 is 11.5 Å². The zero-order chi connectivity index (χ0) is 11.6. The summed E-state index contributed by atoms with van der Waals surface area (Å²) in [6.07, 6.45) is 0. The quantitative estimate of drug-likeness (QED) is 0.868. The fraction of sp³-hybridized carbons (Fsp3) is 0.364. The number of anilines is 1. The van der Waals surface area contributed by atoms with E-state index in [1.54, 1.807) is 6.07 Å². The van der Waals surface area contributed by atoms with Gasteiger partial charge in [-0.1, -0.05) is 22.0 Å².